The maximum absolute atomic E-state index is 8.24. The molecular weight excluding hydrogens is 142 g/mol. The van der Waals surface area contributed by atoms with Crippen LogP contribution < -0.4 is 5.32 Å². The molecule has 0 amide bonds. The molecule has 0 bridgehead atoms. The Balaban J connectivity index is 0. The molecule has 4 heteroatoms. The molecule has 0 unspecified atom stereocenters. The second kappa shape index (κ2) is 7.91. The maximum atomic E-state index is 8.24. The van der Waals surface area contributed by atoms with E-state index in [-0.39, 0.29) is 19.0 Å². The lowest BCUT2D eigenvalue weighted by atomic mass is 10.5. The van der Waals surface area contributed by atoms with E-state index >= 15 is 0 Å². The van der Waals surface area contributed by atoms with Crippen LogP contribution in [0, 0.1) is 0 Å². The molecule has 0 aromatic rings. The Morgan fingerprint density at radius 2 is 2.11 bits per heavy atom. The van der Waals surface area contributed by atoms with E-state index in [9.17, 15) is 0 Å². The minimum absolute atomic E-state index is 0. The molecule has 3 nitrogen and oxygen atoms in total. The van der Waals surface area contributed by atoms with Gasteiger partial charge in [0, 0.05) is 13.1 Å². The van der Waals surface area contributed by atoms with E-state index in [1.54, 1.807) is 6.08 Å². The lowest BCUT2D eigenvalue weighted by Crippen LogP contribution is -2.26. The van der Waals surface area contributed by atoms with Gasteiger partial charge < -0.3 is 15.5 Å². The first kappa shape index (κ1) is 11.7. The molecular formula is C5H12ClNO2. The van der Waals surface area contributed by atoms with Crippen molar-refractivity contribution in [2.45, 2.75) is 6.29 Å². The maximum Gasteiger partial charge on any atom is 0.164 e. The molecule has 0 saturated carbocycles. The second-order valence-electron chi connectivity index (χ2n) is 1.43. The molecule has 0 saturated heterocycles. The molecule has 0 radical (unpaired) electrons. The Morgan fingerprint density at radius 1 is 1.56 bits per heavy atom. The van der Waals surface area contributed by atoms with Gasteiger partial charge in [0.05, 0.1) is 0 Å². The number of halogens is 1. The average molecular weight is 154 g/mol. The minimum Gasteiger partial charge on any atom is -0.367 e. The van der Waals surface area contributed by atoms with Crippen molar-refractivity contribution in [1.82, 2.24) is 5.32 Å². The number of aliphatic hydroxyl groups excluding tert-OH is 1. The molecule has 9 heavy (non-hydrogen) atoms. The standard InChI is InChI=1S/C5H11NO2.ClH/c1-2-3-6-4-5(7)8;/h2,5-8H,1,3-4H2;1H. The Bertz CT molecular complexity index is 68.0. The fourth-order valence-electron chi connectivity index (χ4n) is 0.314. The van der Waals surface area contributed by atoms with E-state index in [0.717, 1.165) is 0 Å². The molecule has 56 valence electrons. The molecule has 0 aliphatic carbocycles. The summed E-state index contributed by atoms with van der Waals surface area (Å²) in [5.41, 5.74) is 0. The van der Waals surface area contributed by atoms with E-state index in [2.05, 4.69) is 11.9 Å². The van der Waals surface area contributed by atoms with Crippen molar-refractivity contribution < 1.29 is 10.2 Å². The van der Waals surface area contributed by atoms with Crippen LogP contribution in [0.3, 0.4) is 0 Å². The first-order valence-corrected chi connectivity index (χ1v) is 2.45. The summed E-state index contributed by atoms with van der Waals surface area (Å²) in [6, 6.07) is 0. The minimum atomic E-state index is -1.25. The Morgan fingerprint density at radius 3 is 2.44 bits per heavy atom. The third-order valence-electron chi connectivity index (χ3n) is 0.616. The summed E-state index contributed by atoms with van der Waals surface area (Å²) in [4.78, 5) is 0. The number of hydrogen-bond acceptors (Lipinski definition) is 3. The summed E-state index contributed by atoms with van der Waals surface area (Å²) in [6.45, 7) is 4.24. The molecule has 0 heterocycles. The Kier molecular flexibility index (Phi) is 10.3. The average Bonchev–Trinajstić information content (AvgIpc) is 1.66. The van der Waals surface area contributed by atoms with Gasteiger partial charge in [0.1, 0.15) is 0 Å². The molecule has 0 aliphatic rings. The van der Waals surface area contributed by atoms with Gasteiger partial charge in [0.2, 0.25) is 0 Å². The smallest absolute Gasteiger partial charge is 0.164 e. The molecule has 0 aromatic heterocycles. The van der Waals surface area contributed by atoms with E-state index in [1.165, 1.54) is 0 Å². The van der Waals surface area contributed by atoms with Crippen LogP contribution in [0.4, 0.5) is 0 Å². The zero-order valence-electron chi connectivity index (χ0n) is 5.08. The fourth-order valence-corrected chi connectivity index (χ4v) is 0.314. The van der Waals surface area contributed by atoms with Gasteiger partial charge in [-0.2, -0.15) is 0 Å². The van der Waals surface area contributed by atoms with Crippen LogP contribution in [0.15, 0.2) is 12.7 Å². The lowest BCUT2D eigenvalue weighted by Gasteiger charge is -2.01. The summed E-state index contributed by atoms with van der Waals surface area (Å²) in [5, 5.41) is 19.2. The number of nitrogens with one attached hydrogen (secondary N) is 1. The summed E-state index contributed by atoms with van der Waals surface area (Å²) in [7, 11) is 0. The molecule has 0 spiro atoms. The first-order valence-electron chi connectivity index (χ1n) is 2.45. The molecule has 3 N–H and O–H groups in total. The predicted molar refractivity (Wildman–Crippen MR) is 38.5 cm³/mol. The highest BCUT2D eigenvalue weighted by Gasteiger charge is 1.91. The zero-order valence-corrected chi connectivity index (χ0v) is 5.90. The van der Waals surface area contributed by atoms with E-state index in [0.29, 0.717) is 6.54 Å². The molecule has 0 rings (SSSR count). The van der Waals surface area contributed by atoms with Crippen molar-refractivity contribution in [2.75, 3.05) is 13.1 Å². The number of rotatable bonds is 4. The van der Waals surface area contributed by atoms with Crippen molar-refractivity contribution in [3.63, 3.8) is 0 Å². The summed E-state index contributed by atoms with van der Waals surface area (Å²) < 4.78 is 0. The van der Waals surface area contributed by atoms with Crippen molar-refractivity contribution in [3.8, 4) is 0 Å². The highest BCUT2D eigenvalue weighted by Crippen LogP contribution is 1.68. The van der Waals surface area contributed by atoms with Crippen molar-refractivity contribution in [3.05, 3.63) is 12.7 Å². The Labute approximate surface area is 60.8 Å². The van der Waals surface area contributed by atoms with Crippen LogP contribution in [0.25, 0.3) is 0 Å². The SMILES string of the molecule is C=CCNCC(O)O.Cl. The summed E-state index contributed by atoms with van der Waals surface area (Å²) in [6.07, 6.45) is 0.400. The van der Waals surface area contributed by atoms with Gasteiger partial charge in [0.15, 0.2) is 6.29 Å². The summed E-state index contributed by atoms with van der Waals surface area (Å²) in [5.74, 6) is 0. The van der Waals surface area contributed by atoms with Crippen molar-refractivity contribution in [2.24, 2.45) is 0 Å². The van der Waals surface area contributed by atoms with Crippen LogP contribution in [-0.4, -0.2) is 29.6 Å². The third-order valence-corrected chi connectivity index (χ3v) is 0.616. The van der Waals surface area contributed by atoms with E-state index < -0.39 is 6.29 Å². The van der Waals surface area contributed by atoms with Gasteiger partial charge in [-0.15, -0.1) is 19.0 Å². The van der Waals surface area contributed by atoms with Gasteiger partial charge in [-0.25, -0.2) is 0 Å². The van der Waals surface area contributed by atoms with Gasteiger partial charge >= 0.3 is 0 Å². The molecule has 0 atom stereocenters. The van der Waals surface area contributed by atoms with Gasteiger partial charge in [-0.1, -0.05) is 6.08 Å². The van der Waals surface area contributed by atoms with E-state index in [4.69, 9.17) is 10.2 Å². The normalized spacial score (nSPS) is 8.78. The highest BCUT2D eigenvalue weighted by atomic mass is 35.5. The van der Waals surface area contributed by atoms with Crippen molar-refractivity contribution in [1.29, 1.82) is 0 Å². The summed E-state index contributed by atoms with van der Waals surface area (Å²) >= 11 is 0. The number of hydrogen-bond donors (Lipinski definition) is 3. The first-order chi connectivity index (χ1) is 3.77. The van der Waals surface area contributed by atoms with Crippen LogP contribution in [-0.2, 0) is 0 Å². The van der Waals surface area contributed by atoms with Crippen molar-refractivity contribution >= 4 is 12.4 Å². The molecule has 0 aliphatic heterocycles. The topological polar surface area (TPSA) is 52.5 Å². The van der Waals surface area contributed by atoms with Gasteiger partial charge in [0.25, 0.3) is 0 Å². The third kappa shape index (κ3) is 11.5. The zero-order chi connectivity index (χ0) is 6.41. The van der Waals surface area contributed by atoms with Gasteiger partial charge in [-0.05, 0) is 0 Å². The lowest BCUT2D eigenvalue weighted by molar-refractivity contribution is -0.0365. The van der Waals surface area contributed by atoms with Crippen LogP contribution in [0.5, 0.6) is 0 Å². The monoisotopic (exact) mass is 153 g/mol. The van der Waals surface area contributed by atoms with Crippen LogP contribution in [0.2, 0.25) is 0 Å². The second-order valence-corrected chi connectivity index (χ2v) is 1.43. The quantitative estimate of drug-likeness (QED) is 0.290. The molecule has 0 fully saturated rings. The van der Waals surface area contributed by atoms with Crippen LogP contribution in [0.1, 0.15) is 0 Å². The Hall–Kier alpha value is -0.0900. The van der Waals surface area contributed by atoms with Crippen LogP contribution >= 0.6 is 12.4 Å². The largest absolute Gasteiger partial charge is 0.367 e. The van der Waals surface area contributed by atoms with Gasteiger partial charge in [-0.3, -0.25) is 0 Å². The van der Waals surface area contributed by atoms with E-state index in [1.807, 2.05) is 0 Å². The number of aliphatic hydroxyl groups is 2. The molecule has 0 aromatic carbocycles. The highest BCUT2D eigenvalue weighted by molar-refractivity contribution is 5.85. The predicted octanol–water partition coefficient (Wildman–Crippen LogP) is -0.506. The fraction of sp³-hybridized carbons (Fsp3) is 0.600.